The molecule has 4 aromatic rings. The molecule has 0 bridgehead atoms. The second kappa shape index (κ2) is 9.56. The lowest BCUT2D eigenvalue weighted by molar-refractivity contribution is -0.384. The summed E-state index contributed by atoms with van der Waals surface area (Å²) >= 11 is 11.3. The van der Waals surface area contributed by atoms with E-state index < -0.39 is 38.4 Å². The molecule has 37 heavy (non-hydrogen) atoms. The summed E-state index contributed by atoms with van der Waals surface area (Å²) in [4.78, 5) is 18.9. The van der Waals surface area contributed by atoms with Crippen molar-refractivity contribution in [3.63, 3.8) is 0 Å². The second-order valence-corrected chi connectivity index (χ2v) is 8.30. The molecule has 7 nitrogen and oxygen atoms in total. The lowest BCUT2D eigenvalue weighted by atomic mass is 10.2. The SMILES string of the molecule is O=[N+]([O-])c1ccc2nc(Nc3ccc(Cl)c(C(F)(F)F)c3)c(Nc3ccc(Cl)c(C(F)(F)F)c3)nc2c1. The van der Waals surface area contributed by atoms with E-state index in [0.29, 0.717) is 6.07 Å². The number of nitrogens with one attached hydrogen (secondary N) is 2. The van der Waals surface area contributed by atoms with Crippen LogP contribution in [0.25, 0.3) is 11.0 Å². The third kappa shape index (κ3) is 5.78. The zero-order valence-corrected chi connectivity index (χ0v) is 19.4. The highest BCUT2D eigenvalue weighted by molar-refractivity contribution is 6.31. The number of nitro groups is 1. The van der Waals surface area contributed by atoms with Crippen LogP contribution in [-0.4, -0.2) is 14.9 Å². The number of hydrogen-bond donors (Lipinski definition) is 2. The Morgan fingerprint density at radius 1 is 0.703 bits per heavy atom. The average Bonchev–Trinajstić information content (AvgIpc) is 2.80. The van der Waals surface area contributed by atoms with Crippen LogP contribution in [0.3, 0.4) is 0 Å². The number of aromatic nitrogens is 2. The topological polar surface area (TPSA) is 93.0 Å². The third-order valence-corrected chi connectivity index (χ3v) is 5.59. The molecular formula is C22H11Cl2F6N5O2. The Bertz CT molecular complexity index is 1530. The van der Waals surface area contributed by atoms with Gasteiger partial charge in [-0.2, -0.15) is 26.3 Å². The van der Waals surface area contributed by atoms with E-state index in [4.69, 9.17) is 23.2 Å². The molecule has 1 aromatic heterocycles. The van der Waals surface area contributed by atoms with Crippen LogP contribution in [0.4, 0.5) is 55.0 Å². The normalized spacial score (nSPS) is 12.0. The minimum atomic E-state index is -4.77. The summed E-state index contributed by atoms with van der Waals surface area (Å²) in [5, 5.41) is 15.3. The lowest BCUT2D eigenvalue weighted by Gasteiger charge is -2.16. The molecule has 0 amide bonds. The summed E-state index contributed by atoms with van der Waals surface area (Å²) in [6, 6.07) is 9.37. The van der Waals surface area contributed by atoms with Crippen molar-refractivity contribution in [3.05, 3.63) is 85.9 Å². The van der Waals surface area contributed by atoms with Crippen molar-refractivity contribution in [1.82, 2.24) is 9.97 Å². The maximum Gasteiger partial charge on any atom is 0.417 e. The van der Waals surface area contributed by atoms with Crippen molar-refractivity contribution in [2.45, 2.75) is 12.4 Å². The van der Waals surface area contributed by atoms with Gasteiger partial charge < -0.3 is 10.6 Å². The molecular weight excluding hydrogens is 551 g/mol. The quantitative estimate of drug-likeness (QED) is 0.144. The van der Waals surface area contributed by atoms with Crippen molar-refractivity contribution < 1.29 is 31.3 Å². The second-order valence-electron chi connectivity index (χ2n) is 7.49. The van der Waals surface area contributed by atoms with Crippen LogP contribution in [0.15, 0.2) is 54.6 Å². The lowest BCUT2D eigenvalue weighted by Crippen LogP contribution is -2.09. The van der Waals surface area contributed by atoms with E-state index in [9.17, 15) is 36.5 Å². The van der Waals surface area contributed by atoms with Crippen LogP contribution in [0.1, 0.15) is 11.1 Å². The van der Waals surface area contributed by atoms with Gasteiger partial charge in [0.15, 0.2) is 11.6 Å². The molecule has 1 heterocycles. The van der Waals surface area contributed by atoms with Gasteiger partial charge in [0.2, 0.25) is 0 Å². The summed E-state index contributed by atoms with van der Waals surface area (Å²) in [5.74, 6) is -0.410. The number of halogens is 8. The Morgan fingerprint density at radius 3 is 1.59 bits per heavy atom. The maximum absolute atomic E-state index is 13.3. The van der Waals surface area contributed by atoms with Crippen LogP contribution >= 0.6 is 23.2 Å². The number of hydrogen-bond acceptors (Lipinski definition) is 6. The summed E-state index contributed by atoms with van der Waals surface area (Å²) in [5.41, 5.74) is -2.73. The van der Waals surface area contributed by atoms with Crippen LogP contribution in [0.2, 0.25) is 10.0 Å². The largest absolute Gasteiger partial charge is 0.417 e. The Labute approximate surface area is 213 Å². The van der Waals surface area contributed by atoms with Crippen LogP contribution < -0.4 is 10.6 Å². The third-order valence-electron chi connectivity index (χ3n) is 4.93. The fourth-order valence-electron chi connectivity index (χ4n) is 3.24. The van der Waals surface area contributed by atoms with Gasteiger partial charge in [0, 0.05) is 23.5 Å². The zero-order valence-electron chi connectivity index (χ0n) is 17.9. The van der Waals surface area contributed by atoms with E-state index in [-0.39, 0.29) is 39.7 Å². The molecule has 0 saturated heterocycles. The Kier molecular flexibility index (Phi) is 6.78. The van der Waals surface area contributed by atoms with Crippen molar-refractivity contribution in [1.29, 1.82) is 0 Å². The first-order chi connectivity index (χ1) is 17.2. The van der Waals surface area contributed by atoms with E-state index in [1.54, 1.807) is 0 Å². The number of fused-ring (bicyclic) bond motifs is 1. The minimum absolute atomic E-state index is 0.000606. The molecule has 0 fully saturated rings. The first-order valence-corrected chi connectivity index (χ1v) is 10.7. The fourth-order valence-corrected chi connectivity index (χ4v) is 3.69. The number of alkyl halides is 6. The summed E-state index contributed by atoms with van der Waals surface area (Å²) in [6.45, 7) is 0. The Morgan fingerprint density at radius 2 is 1.16 bits per heavy atom. The van der Waals surface area contributed by atoms with Crippen molar-refractivity contribution in [2.75, 3.05) is 10.6 Å². The average molecular weight is 562 g/mol. The Hall–Kier alpha value is -3.84. The smallest absolute Gasteiger partial charge is 0.337 e. The summed E-state index contributed by atoms with van der Waals surface area (Å²) < 4.78 is 79.8. The fraction of sp³-hybridized carbons (Fsp3) is 0.0909. The van der Waals surface area contributed by atoms with Gasteiger partial charge in [-0.25, -0.2) is 9.97 Å². The number of benzene rings is 3. The number of nitrogens with zero attached hydrogens (tertiary/aromatic N) is 3. The van der Waals surface area contributed by atoms with E-state index >= 15 is 0 Å². The van der Waals surface area contributed by atoms with E-state index in [2.05, 4.69) is 20.6 Å². The zero-order chi connectivity index (χ0) is 27.1. The van der Waals surface area contributed by atoms with Crippen molar-refractivity contribution >= 4 is 62.9 Å². The molecule has 15 heteroatoms. The number of non-ortho nitro benzene ring substituents is 1. The Balaban J connectivity index is 1.83. The van der Waals surface area contributed by atoms with Crippen LogP contribution in [-0.2, 0) is 12.4 Å². The van der Waals surface area contributed by atoms with Crippen LogP contribution in [0, 0.1) is 10.1 Å². The minimum Gasteiger partial charge on any atom is -0.337 e. The molecule has 4 rings (SSSR count). The van der Waals surface area contributed by atoms with Gasteiger partial charge >= 0.3 is 12.4 Å². The van der Waals surface area contributed by atoms with Crippen molar-refractivity contribution in [3.8, 4) is 0 Å². The maximum atomic E-state index is 13.3. The van der Waals surface area contributed by atoms with E-state index in [0.717, 1.165) is 30.3 Å². The number of anilines is 4. The molecule has 0 spiro atoms. The van der Waals surface area contributed by atoms with E-state index in [1.807, 2.05) is 0 Å². The van der Waals surface area contributed by atoms with Gasteiger partial charge in [0.1, 0.15) is 0 Å². The first kappa shape index (κ1) is 26.2. The summed E-state index contributed by atoms with van der Waals surface area (Å²) in [6.07, 6.45) is -9.54. The van der Waals surface area contributed by atoms with E-state index in [1.165, 1.54) is 18.2 Å². The van der Waals surface area contributed by atoms with Crippen LogP contribution in [0.5, 0.6) is 0 Å². The highest BCUT2D eigenvalue weighted by Crippen LogP contribution is 2.39. The highest BCUT2D eigenvalue weighted by atomic mass is 35.5. The predicted octanol–water partition coefficient (Wildman–Crippen LogP) is 8.37. The summed E-state index contributed by atoms with van der Waals surface area (Å²) in [7, 11) is 0. The van der Waals surface area contributed by atoms with Gasteiger partial charge in [0.05, 0.1) is 37.1 Å². The van der Waals surface area contributed by atoms with Gasteiger partial charge in [-0.15, -0.1) is 0 Å². The first-order valence-electron chi connectivity index (χ1n) is 9.96. The molecule has 192 valence electrons. The molecule has 0 unspecified atom stereocenters. The van der Waals surface area contributed by atoms with Gasteiger partial charge in [-0.05, 0) is 42.5 Å². The standard InChI is InChI=1S/C22H11Cl2F6N5O2/c23-15-4-1-10(7-13(15)21(25,26)27)31-19-20(32-11-2-5-16(24)14(8-11)22(28,29)30)34-18-9-12(35(36)37)3-6-17(18)33-19/h1-9H,(H,31,33)(H,32,34). The predicted molar refractivity (Wildman–Crippen MR) is 126 cm³/mol. The molecule has 0 saturated carbocycles. The number of nitro benzene ring substituents is 1. The molecule has 0 aliphatic rings. The molecule has 0 aliphatic heterocycles. The monoisotopic (exact) mass is 561 g/mol. The van der Waals surface area contributed by atoms with Gasteiger partial charge in [-0.3, -0.25) is 10.1 Å². The molecule has 0 aliphatic carbocycles. The molecule has 0 radical (unpaired) electrons. The highest BCUT2D eigenvalue weighted by Gasteiger charge is 2.34. The molecule has 3 aromatic carbocycles. The molecule has 0 atom stereocenters. The number of rotatable bonds is 5. The van der Waals surface area contributed by atoms with Crippen molar-refractivity contribution in [2.24, 2.45) is 0 Å². The molecule has 2 N–H and O–H groups in total. The van der Waals surface area contributed by atoms with Gasteiger partial charge in [0.25, 0.3) is 5.69 Å². The van der Waals surface area contributed by atoms with Gasteiger partial charge in [-0.1, -0.05) is 23.2 Å².